The van der Waals surface area contributed by atoms with Crippen molar-refractivity contribution in [3.05, 3.63) is 11.1 Å². The van der Waals surface area contributed by atoms with Gasteiger partial charge >= 0.3 is 0 Å². The summed E-state index contributed by atoms with van der Waals surface area (Å²) >= 11 is 0. The third kappa shape index (κ3) is 3.43. The molecule has 5 heteroatoms. The zero-order chi connectivity index (χ0) is 16.8. The van der Waals surface area contributed by atoms with Crippen molar-refractivity contribution in [2.75, 3.05) is 26.4 Å². The van der Waals surface area contributed by atoms with Gasteiger partial charge in [-0.25, -0.2) is 0 Å². The zero-order valence-corrected chi connectivity index (χ0v) is 13.8. The van der Waals surface area contributed by atoms with Crippen LogP contribution in [0.15, 0.2) is 11.1 Å². The Kier molecular flexibility index (Phi) is 7.19. The summed E-state index contributed by atoms with van der Waals surface area (Å²) in [5.74, 6) is 0.0403. The van der Waals surface area contributed by atoms with Gasteiger partial charge < -0.3 is 20.4 Å². The number of aliphatic hydroxyl groups excluding tert-OH is 4. The Balaban J connectivity index is 3.41. The molecule has 0 fully saturated rings. The van der Waals surface area contributed by atoms with Crippen molar-refractivity contribution in [2.45, 2.75) is 52.4 Å². The molecule has 0 amide bonds. The van der Waals surface area contributed by atoms with E-state index in [2.05, 4.69) is 0 Å². The van der Waals surface area contributed by atoms with Crippen LogP contribution in [0.5, 0.6) is 0 Å². The van der Waals surface area contributed by atoms with E-state index in [1.54, 1.807) is 0 Å². The molecule has 5 nitrogen and oxygen atoms in total. The van der Waals surface area contributed by atoms with E-state index in [1.807, 2.05) is 13.8 Å². The van der Waals surface area contributed by atoms with Crippen molar-refractivity contribution in [1.82, 2.24) is 0 Å². The molecule has 128 valence electrons. The standard InChI is InChI=1S/C17H30O5/c1-13-14(4-9-19)15(22)12-16(2,5-3-8-18)17(13,6-10-20)7-11-21/h18-21H,3-12H2,1-2H3. The first-order valence-electron chi connectivity index (χ1n) is 8.09. The SMILES string of the molecule is CC1=C(CCO)C(=O)CC(C)(CCCO)C1(CCO)CCO. The summed E-state index contributed by atoms with van der Waals surface area (Å²) in [5.41, 5.74) is 0.665. The maximum Gasteiger partial charge on any atom is 0.159 e. The first-order valence-corrected chi connectivity index (χ1v) is 8.09. The van der Waals surface area contributed by atoms with Gasteiger partial charge in [0, 0.05) is 38.3 Å². The summed E-state index contributed by atoms with van der Waals surface area (Å²) in [5, 5.41) is 37.6. The van der Waals surface area contributed by atoms with Gasteiger partial charge in [-0.15, -0.1) is 0 Å². The molecule has 0 aromatic carbocycles. The Morgan fingerprint density at radius 2 is 1.55 bits per heavy atom. The van der Waals surface area contributed by atoms with Gasteiger partial charge in [-0.3, -0.25) is 4.79 Å². The highest BCUT2D eigenvalue weighted by atomic mass is 16.3. The minimum absolute atomic E-state index is 0.0212. The van der Waals surface area contributed by atoms with Gasteiger partial charge in [0.1, 0.15) is 0 Å². The summed E-state index contributed by atoms with van der Waals surface area (Å²) in [6.45, 7) is 3.85. The van der Waals surface area contributed by atoms with Crippen LogP contribution in [0.2, 0.25) is 0 Å². The number of hydrogen-bond donors (Lipinski definition) is 4. The van der Waals surface area contributed by atoms with Gasteiger partial charge in [-0.2, -0.15) is 0 Å². The number of aliphatic hydroxyl groups is 4. The molecule has 0 aliphatic heterocycles. The van der Waals surface area contributed by atoms with E-state index in [0.717, 1.165) is 5.57 Å². The van der Waals surface area contributed by atoms with E-state index in [9.17, 15) is 25.2 Å². The highest BCUT2D eigenvalue weighted by Gasteiger charge is 2.52. The number of allylic oxidation sites excluding steroid dienone is 1. The monoisotopic (exact) mass is 314 g/mol. The second-order valence-corrected chi connectivity index (χ2v) is 6.59. The molecule has 1 aliphatic carbocycles. The number of hydrogen-bond acceptors (Lipinski definition) is 5. The molecule has 0 radical (unpaired) electrons. The fraction of sp³-hybridized carbons (Fsp3) is 0.824. The fourth-order valence-electron chi connectivity index (χ4n) is 4.30. The maximum absolute atomic E-state index is 12.5. The lowest BCUT2D eigenvalue weighted by atomic mass is 9.50. The van der Waals surface area contributed by atoms with Gasteiger partial charge in [0.2, 0.25) is 0 Å². The van der Waals surface area contributed by atoms with Gasteiger partial charge in [0.15, 0.2) is 5.78 Å². The van der Waals surface area contributed by atoms with Crippen LogP contribution in [0.25, 0.3) is 0 Å². The van der Waals surface area contributed by atoms with Crippen molar-refractivity contribution in [1.29, 1.82) is 0 Å². The molecule has 0 aromatic rings. The van der Waals surface area contributed by atoms with Crippen LogP contribution in [-0.4, -0.2) is 52.6 Å². The molecule has 1 rings (SSSR count). The molecule has 4 N–H and O–H groups in total. The van der Waals surface area contributed by atoms with Crippen LogP contribution in [0, 0.1) is 10.8 Å². The summed E-state index contributed by atoms with van der Waals surface area (Å²) in [6.07, 6.45) is 2.86. The molecule has 1 aliphatic rings. The van der Waals surface area contributed by atoms with Crippen molar-refractivity contribution < 1.29 is 25.2 Å². The fourth-order valence-corrected chi connectivity index (χ4v) is 4.30. The Morgan fingerprint density at radius 3 is 2.00 bits per heavy atom. The van der Waals surface area contributed by atoms with E-state index in [1.165, 1.54) is 0 Å². The summed E-state index contributed by atoms with van der Waals surface area (Å²) in [4.78, 5) is 12.5. The average Bonchev–Trinajstić information content (AvgIpc) is 2.48. The zero-order valence-electron chi connectivity index (χ0n) is 13.8. The van der Waals surface area contributed by atoms with Crippen LogP contribution in [0.3, 0.4) is 0 Å². The number of carbonyl (C=O) groups excluding carboxylic acids is 1. The lowest BCUT2D eigenvalue weighted by Gasteiger charge is -2.53. The average molecular weight is 314 g/mol. The number of Topliss-reactive ketones (excluding diaryl/α,β-unsaturated/α-hetero) is 1. The largest absolute Gasteiger partial charge is 0.396 e. The summed E-state index contributed by atoms with van der Waals surface area (Å²) in [7, 11) is 0. The van der Waals surface area contributed by atoms with E-state index in [-0.39, 0.29) is 32.2 Å². The molecule has 0 bridgehead atoms. The van der Waals surface area contributed by atoms with Crippen LogP contribution in [0.1, 0.15) is 52.4 Å². The Bertz CT molecular complexity index is 409. The maximum atomic E-state index is 12.5. The number of ketones is 1. The molecule has 0 aromatic heterocycles. The van der Waals surface area contributed by atoms with Crippen LogP contribution in [-0.2, 0) is 4.79 Å². The van der Waals surface area contributed by atoms with Crippen molar-refractivity contribution >= 4 is 5.78 Å². The minimum Gasteiger partial charge on any atom is -0.396 e. The number of carbonyl (C=O) groups is 1. The van der Waals surface area contributed by atoms with E-state index < -0.39 is 10.8 Å². The van der Waals surface area contributed by atoms with Gasteiger partial charge in [0.05, 0.1) is 0 Å². The molecule has 22 heavy (non-hydrogen) atoms. The molecule has 0 spiro atoms. The second-order valence-electron chi connectivity index (χ2n) is 6.59. The minimum atomic E-state index is -0.468. The molecule has 1 atom stereocenters. The van der Waals surface area contributed by atoms with Crippen molar-refractivity contribution in [3.63, 3.8) is 0 Å². The van der Waals surface area contributed by atoms with Crippen molar-refractivity contribution in [2.24, 2.45) is 10.8 Å². The Morgan fingerprint density at radius 1 is 0.955 bits per heavy atom. The molecule has 1 unspecified atom stereocenters. The third-order valence-electron chi connectivity index (χ3n) is 5.54. The molecule has 0 heterocycles. The van der Waals surface area contributed by atoms with Gasteiger partial charge in [-0.1, -0.05) is 12.5 Å². The van der Waals surface area contributed by atoms with E-state index in [0.29, 0.717) is 44.1 Å². The third-order valence-corrected chi connectivity index (χ3v) is 5.54. The van der Waals surface area contributed by atoms with Gasteiger partial charge in [0.25, 0.3) is 0 Å². The molecule has 0 saturated heterocycles. The van der Waals surface area contributed by atoms with Gasteiger partial charge in [-0.05, 0) is 50.0 Å². The Labute approximate surface area is 132 Å². The Hall–Kier alpha value is -0.750. The lowest BCUT2D eigenvalue weighted by molar-refractivity contribution is -0.123. The highest BCUT2D eigenvalue weighted by Crippen LogP contribution is 2.58. The van der Waals surface area contributed by atoms with Crippen LogP contribution in [0.4, 0.5) is 0 Å². The predicted molar refractivity (Wildman–Crippen MR) is 84.3 cm³/mol. The lowest BCUT2D eigenvalue weighted by Crippen LogP contribution is -2.48. The van der Waals surface area contributed by atoms with E-state index in [4.69, 9.17) is 0 Å². The smallest absolute Gasteiger partial charge is 0.159 e. The quantitative estimate of drug-likeness (QED) is 0.512. The number of rotatable bonds is 9. The molecular weight excluding hydrogens is 284 g/mol. The molecular formula is C17H30O5. The topological polar surface area (TPSA) is 98.0 Å². The first kappa shape index (κ1) is 19.3. The second kappa shape index (κ2) is 8.20. The van der Waals surface area contributed by atoms with Crippen LogP contribution < -0.4 is 0 Å². The summed E-state index contributed by atoms with van der Waals surface area (Å²) < 4.78 is 0. The van der Waals surface area contributed by atoms with Crippen LogP contribution >= 0.6 is 0 Å². The molecule has 0 saturated carbocycles. The first-order chi connectivity index (χ1) is 10.4. The normalized spacial score (nSPS) is 24.9. The van der Waals surface area contributed by atoms with E-state index >= 15 is 0 Å². The summed E-state index contributed by atoms with van der Waals surface area (Å²) in [6, 6.07) is 0. The predicted octanol–water partition coefficient (Wildman–Crippen LogP) is 1.19. The highest BCUT2D eigenvalue weighted by molar-refractivity contribution is 5.98. The van der Waals surface area contributed by atoms with Crippen molar-refractivity contribution in [3.8, 4) is 0 Å².